The lowest BCUT2D eigenvalue weighted by Gasteiger charge is -2.34. The van der Waals surface area contributed by atoms with Crippen molar-refractivity contribution >= 4 is 23.9 Å². The largest absolute Gasteiger partial charge is 0.447 e. The quantitative estimate of drug-likeness (QED) is 0.560. The average Bonchev–Trinajstić information content (AvgIpc) is 3.46. The number of nitrogens with zero attached hydrogens (tertiary/aromatic N) is 8. The molecule has 1 saturated carbocycles. The zero-order chi connectivity index (χ0) is 24.5. The smallest absolute Gasteiger partial charge is 0.417 e. The molecule has 3 fully saturated rings. The van der Waals surface area contributed by atoms with Crippen molar-refractivity contribution in [2.24, 2.45) is 5.92 Å². The summed E-state index contributed by atoms with van der Waals surface area (Å²) in [4.78, 5) is 47.7. The van der Waals surface area contributed by atoms with Gasteiger partial charge in [0.1, 0.15) is 12.4 Å². The van der Waals surface area contributed by atoms with E-state index in [2.05, 4.69) is 36.7 Å². The van der Waals surface area contributed by atoms with Gasteiger partial charge in [0, 0.05) is 32.4 Å². The number of cyclic esters (lactones) is 1. The first-order valence-electron chi connectivity index (χ1n) is 12.0. The third-order valence-electron chi connectivity index (χ3n) is 6.69. The summed E-state index contributed by atoms with van der Waals surface area (Å²) < 4.78 is 7.31. The Balaban J connectivity index is 1.21. The maximum Gasteiger partial charge on any atom is 0.417 e. The van der Waals surface area contributed by atoms with Gasteiger partial charge in [0.15, 0.2) is 0 Å². The molecule has 2 aromatic heterocycles. The van der Waals surface area contributed by atoms with Crippen molar-refractivity contribution in [3.05, 3.63) is 36.7 Å². The van der Waals surface area contributed by atoms with Crippen LogP contribution in [0.15, 0.2) is 25.2 Å². The number of ether oxygens (including phenoxy) is 1. The normalized spacial score (nSPS) is 21.7. The molecule has 0 unspecified atom stereocenters. The maximum absolute atomic E-state index is 12.4. The van der Waals surface area contributed by atoms with Crippen LogP contribution in [0.3, 0.4) is 0 Å². The van der Waals surface area contributed by atoms with Crippen molar-refractivity contribution in [3.8, 4) is 0 Å². The van der Waals surface area contributed by atoms with E-state index in [0.717, 1.165) is 31.6 Å². The molecule has 186 valence electrons. The Morgan fingerprint density at radius 3 is 2.74 bits per heavy atom. The minimum Gasteiger partial charge on any atom is -0.447 e. The number of anilines is 2. The topological polar surface area (TPSA) is 122 Å². The summed E-state index contributed by atoms with van der Waals surface area (Å²) in [5.41, 5.74) is 0.849. The van der Waals surface area contributed by atoms with Crippen LogP contribution < -0.4 is 10.2 Å². The first-order valence-corrected chi connectivity index (χ1v) is 12.0. The average molecular weight is 482 g/mol. The number of carbonyl (C=O) groups is 2. The molecule has 4 heterocycles. The van der Waals surface area contributed by atoms with Crippen molar-refractivity contribution < 1.29 is 14.3 Å². The van der Waals surface area contributed by atoms with Crippen molar-refractivity contribution in [2.75, 3.05) is 43.0 Å². The highest BCUT2D eigenvalue weighted by atomic mass is 16.6. The lowest BCUT2D eigenvalue weighted by atomic mass is 10.2. The fourth-order valence-electron chi connectivity index (χ4n) is 4.55. The van der Waals surface area contributed by atoms with Crippen molar-refractivity contribution in [3.63, 3.8) is 0 Å². The summed E-state index contributed by atoms with van der Waals surface area (Å²) in [7, 11) is 0. The number of aryl methyl sites for hydroxylation is 1. The van der Waals surface area contributed by atoms with E-state index in [9.17, 15) is 9.59 Å². The molecule has 1 N–H and O–H groups in total. The van der Waals surface area contributed by atoms with Crippen LogP contribution in [-0.2, 0) is 16.2 Å². The van der Waals surface area contributed by atoms with E-state index in [4.69, 9.17) is 4.74 Å². The Kier molecular flexibility index (Phi) is 6.37. The first kappa shape index (κ1) is 23.2. The zero-order valence-corrected chi connectivity index (χ0v) is 20.1. The van der Waals surface area contributed by atoms with Crippen LogP contribution in [0, 0.1) is 12.8 Å². The highest BCUT2D eigenvalue weighted by molar-refractivity contribution is 5.88. The van der Waals surface area contributed by atoms with Gasteiger partial charge in [0.25, 0.3) is 0 Å². The van der Waals surface area contributed by atoms with E-state index >= 15 is 0 Å². The van der Waals surface area contributed by atoms with Crippen LogP contribution in [-0.4, -0.2) is 85.1 Å². The molecule has 3 aliphatic rings. The molecule has 0 radical (unpaired) electrons. The van der Waals surface area contributed by atoms with Crippen LogP contribution in [0.4, 0.5) is 16.7 Å². The Morgan fingerprint density at radius 1 is 1.26 bits per heavy atom. The van der Waals surface area contributed by atoms with Gasteiger partial charge in [-0.15, -0.1) is 0 Å². The fourth-order valence-corrected chi connectivity index (χ4v) is 4.55. The SMILES string of the molecule is C=CC(=O)N1CCN(Cn2cnc([C@H](C)Nc3nc(C)nc(N4C(=O)OC[C@@H]4C4CC4)n3)c2)CC1. The second-order valence-electron chi connectivity index (χ2n) is 9.33. The number of nitrogens with one attached hydrogen (secondary N) is 1. The van der Waals surface area contributed by atoms with Crippen LogP contribution in [0.5, 0.6) is 0 Å². The number of rotatable bonds is 8. The van der Waals surface area contributed by atoms with Crippen LogP contribution in [0.25, 0.3) is 0 Å². The van der Waals surface area contributed by atoms with Gasteiger partial charge in [0.2, 0.25) is 17.8 Å². The fraction of sp³-hybridized carbons (Fsp3) is 0.565. The van der Waals surface area contributed by atoms with Gasteiger partial charge in [-0.1, -0.05) is 6.58 Å². The van der Waals surface area contributed by atoms with Crippen molar-refractivity contribution in [2.45, 2.75) is 45.4 Å². The van der Waals surface area contributed by atoms with Gasteiger partial charge < -0.3 is 19.5 Å². The third-order valence-corrected chi connectivity index (χ3v) is 6.69. The molecule has 2 atom stereocenters. The molecular weight excluding hydrogens is 450 g/mol. The Labute approximate surface area is 204 Å². The van der Waals surface area contributed by atoms with Gasteiger partial charge >= 0.3 is 6.09 Å². The van der Waals surface area contributed by atoms with Crippen molar-refractivity contribution in [1.29, 1.82) is 0 Å². The summed E-state index contributed by atoms with van der Waals surface area (Å²) in [5.74, 6) is 1.68. The molecule has 2 saturated heterocycles. The van der Waals surface area contributed by atoms with Gasteiger partial charge in [-0.3, -0.25) is 9.69 Å². The lowest BCUT2D eigenvalue weighted by Crippen LogP contribution is -2.48. The first-order chi connectivity index (χ1) is 16.9. The van der Waals surface area contributed by atoms with Gasteiger partial charge in [0.05, 0.1) is 30.8 Å². The second kappa shape index (κ2) is 9.61. The Bertz CT molecular complexity index is 1110. The molecule has 1 aliphatic carbocycles. The minimum absolute atomic E-state index is 0.0120. The number of hydrogen-bond donors (Lipinski definition) is 1. The zero-order valence-electron chi connectivity index (χ0n) is 20.1. The molecule has 35 heavy (non-hydrogen) atoms. The van der Waals surface area contributed by atoms with Gasteiger partial charge in [-0.05, 0) is 38.7 Å². The maximum atomic E-state index is 12.4. The molecular formula is C23H31N9O3. The van der Waals surface area contributed by atoms with E-state index in [-0.39, 0.29) is 18.0 Å². The monoisotopic (exact) mass is 481 g/mol. The third kappa shape index (κ3) is 5.11. The highest BCUT2D eigenvalue weighted by Crippen LogP contribution is 2.39. The molecule has 5 rings (SSSR count). The lowest BCUT2D eigenvalue weighted by molar-refractivity contribution is -0.127. The van der Waals surface area contributed by atoms with E-state index in [0.29, 0.717) is 50.0 Å². The summed E-state index contributed by atoms with van der Waals surface area (Å²) in [5, 5.41) is 3.30. The van der Waals surface area contributed by atoms with Crippen LogP contribution >= 0.6 is 0 Å². The number of piperazine rings is 1. The molecule has 0 spiro atoms. The second-order valence-corrected chi connectivity index (χ2v) is 9.33. The Hall–Kier alpha value is -3.54. The molecule has 2 amide bonds. The van der Waals surface area contributed by atoms with Crippen LogP contribution in [0.1, 0.15) is 37.3 Å². The molecule has 2 aromatic rings. The highest BCUT2D eigenvalue weighted by Gasteiger charge is 2.45. The number of aromatic nitrogens is 5. The number of imidazole rings is 1. The summed E-state index contributed by atoms with van der Waals surface area (Å²) in [6, 6.07) is -0.167. The summed E-state index contributed by atoms with van der Waals surface area (Å²) in [6.45, 7) is 11.4. The number of carbonyl (C=O) groups excluding carboxylic acids is 2. The van der Waals surface area contributed by atoms with E-state index < -0.39 is 6.09 Å². The van der Waals surface area contributed by atoms with E-state index in [1.54, 1.807) is 18.2 Å². The van der Waals surface area contributed by atoms with Gasteiger partial charge in [-0.2, -0.15) is 15.0 Å². The molecule has 12 heteroatoms. The van der Waals surface area contributed by atoms with E-state index in [1.807, 2.05) is 22.6 Å². The molecule has 0 bridgehead atoms. The predicted molar refractivity (Wildman–Crippen MR) is 128 cm³/mol. The van der Waals surface area contributed by atoms with Crippen molar-refractivity contribution in [1.82, 2.24) is 34.3 Å². The minimum atomic E-state index is -0.403. The standard InChI is InChI=1S/C23H31N9O3/c1-4-20(33)31-9-7-29(8-10-31)14-30-11-18(24-13-30)15(2)25-21-26-16(3)27-22(28-21)32-19(17-5-6-17)12-35-23(32)34/h4,11,13,15,17,19H,1,5-10,12,14H2,2-3H3,(H,25,26,27,28)/t15-,19+/m0/s1. The predicted octanol–water partition coefficient (Wildman–Crippen LogP) is 1.57. The summed E-state index contributed by atoms with van der Waals surface area (Å²) >= 11 is 0. The molecule has 12 nitrogen and oxygen atoms in total. The Morgan fingerprint density at radius 2 is 2.03 bits per heavy atom. The van der Waals surface area contributed by atoms with Gasteiger partial charge in [-0.25, -0.2) is 14.7 Å². The molecule has 2 aliphatic heterocycles. The van der Waals surface area contributed by atoms with Crippen LogP contribution in [0.2, 0.25) is 0 Å². The molecule has 0 aromatic carbocycles. The number of amides is 2. The summed E-state index contributed by atoms with van der Waals surface area (Å²) in [6.07, 6.45) is 6.95. The number of hydrogen-bond acceptors (Lipinski definition) is 9. The van der Waals surface area contributed by atoms with E-state index in [1.165, 1.54) is 6.08 Å².